The van der Waals surface area contributed by atoms with Crippen LogP contribution in [0, 0.1) is 5.82 Å². The zero-order chi connectivity index (χ0) is 9.42. The number of pyridine rings is 1. The lowest BCUT2D eigenvalue weighted by atomic mass is 10.2. The fraction of sp³-hybridized carbons (Fsp3) is 0. The molecule has 0 saturated heterocycles. The van der Waals surface area contributed by atoms with Gasteiger partial charge in [-0.05, 0) is 18.2 Å². The Balaban J connectivity index is 2.86. The second-order valence-corrected chi connectivity index (χ2v) is 3.57. The topological polar surface area (TPSA) is 33.1 Å². The maximum Gasteiger partial charge on any atom is 0.150 e. The Morgan fingerprint density at radius 1 is 1.31 bits per heavy atom. The molecule has 2 aromatic rings. The van der Waals surface area contributed by atoms with Crippen molar-refractivity contribution in [2.75, 3.05) is 0 Å². The van der Waals surface area contributed by atoms with Gasteiger partial charge in [0.2, 0.25) is 0 Å². The van der Waals surface area contributed by atoms with Crippen LogP contribution in [0.25, 0.3) is 10.9 Å². The van der Waals surface area contributed by atoms with E-state index in [-0.39, 0.29) is 11.3 Å². The monoisotopic (exact) mass is 241 g/mol. The summed E-state index contributed by atoms with van der Waals surface area (Å²) in [6, 6.07) is 4.51. The van der Waals surface area contributed by atoms with Crippen molar-refractivity contribution < 1.29 is 9.50 Å². The van der Waals surface area contributed by atoms with Gasteiger partial charge in [-0.25, -0.2) is 9.37 Å². The lowest BCUT2D eigenvalue weighted by Crippen LogP contribution is -1.84. The summed E-state index contributed by atoms with van der Waals surface area (Å²) in [5.74, 6) is -0.366. The summed E-state index contributed by atoms with van der Waals surface area (Å²) in [4.78, 5) is 3.78. The van der Waals surface area contributed by atoms with Crippen molar-refractivity contribution >= 4 is 26.8 Å². The number of benzene rings is 1. The molecule has 0 aliphatic heterocycles. The first-order chi connectivity index (χ1) is 6.16. The number of hydrogen-bond donors (Lipinski definition) is 1. The fourth-order valence-corrected chi connectivity index (χ4v) is 1.61. The number of aromatic hydroxyl groups is 1. The van der Waals surface area contributed by atoms with Crippen LogP contribution in [0.4, 0.5) is 4.39 Å². The maximum atomic E-state index is 13.2. The van der Waals surface area contributed by atoms with Gasteiger partial charge in [0.05, 0.1) is 6.20 Å². The lowest BCUT2D eigenvalue weighted by molar-refractivity contribution is 0.473. The minimum Gasteiger partial charge on any atom is -0.506 e. The van der Waals surface area contributed by atoms with Crippen molar-refractivity contribution in [3.05, 3.63) is 34.7 Å². The van der Waals surface area contributed by atoms with Crippen LogP contribution >= 0.6 is 15.9 Å². The van der Waals surface area contributed by atoms with Crippen molar-refractivity contribution in [2.45, 2.75) is 0 Å². The van der Waals surface area contributed by atoms with E-state index in [2.05, 4.69) is 20.9 Å². The third-order valence-corrected chi connectivity index (χ3v) is 2.14. The van der Waals surface area contributed by atoms with Gasteiger partial charge in [-0.1, -0.05) is 15.9 Å². The molecular weight excluding hydrogens is 237 g/mol. The third kappa shape index (κ3) is 1.49. The summed E-state index contributed by atoms with van der Waals surface area (Å²) >= 11 is 3.16. The molecule has 1 N–H and O–H groups in total. The van der Waals surface area contributed by atoms with Gasteiger partial charge in [0.25, 0.3) is 0 Å². The van der Waals surface area contributed by atoms with Crippen molar-refractivity contribution in [3.63, 3.8) is 0 Å². The van der Waals surface area contributed by atoms with Crippen LogP contribution in [-0.2, 0) is 0 Å². The summed E-state index contributed by atoms with van der Waals surface area (Å²) in [6.07, 6.45) is 1.22. The molecule has 0 amide bonds. The molecule has 2 nitrogen and oxygen atoms in total. The van der Waals surface area contributed by atoms with Gasteiger partial charge in [-0.3, -0.25) is 0 Å². The number of nitrogens with zero attached hydrogens (tertiary/aromatic N) is 1. The molecular formula is C9H5BrFNO. The molecule has 0 unspecified atom stereocenters. The van der Waals surface area contributed by atoms with Gasteiger partial charge in [-0.15, -0.1) is 0 Å². The average molecular weight is 242 g/mol. The first-order valence-corrected chi connectivity index (χ1v) is 4.40. The molecule has 66 valence electrons. The number of rotatable bonds is 0. The van der Waals surface area contributed by atoms with Crippen molar-refractivity contribution in [3.8, 4) is 5.75 Å². The number of fused-ring (bicyclic) bond motifs is 1. The largest absolute Gasteiger partial charge is 0.506 e. The third-order valence-electron chi connectivity index (χ3n) is 1.69. The summed E-state index contributed by atoms with van der Waals surface area (Å²) in [7, 11) is 0. The van der Waals surface area contributed by atoms with E-state index in [1.54, 1.807) is 6.07 Å². The Kier molecular flexibility index (Phi) is 1.92. The molecule has 1 aromatic heterocycles. The molecule has 4 heteroatoms. The molecule has 0 bridgehead atoms. The second-order valence-electron chi connectivity index (χ2n) is 2.65. The summed E-state index contributed by atoms with van der Waals surface area (Å²) < 4.78 is 13.8. The minimum atomic E-state index is -0.399. The van der Waals surface area contributed by atoms with Crippen molar-refractivity contribution in [1.29, 1.82) is 0 Å². The SMILES string of the molecule is Oc1cnc2c(F)cc(Br)cc2c1. The minimum absolute atomic E-state index is 0.0324. The van der Waals surface area contributed by atoms with E-state index >= 15 is 0 Å². The summed E-state index contributed by atoms with van der Waals surface area (Å²) in [5.41, 5.74) is 0.265. The molecule has 1 aromatic carbocycles. The highest BCUT2D eigenvalue weighted by molar-refractivity contribution is 9.10. The first-order valence-electron chi connectivity index (χ1n) is 3.60. The molecule has 0 aliphatic rings. The number of aromatic nitrogens is 1. The zero-order valence-corrected chi connectivity index (χ0v) is 8.05. The van der Waals surface area contributed by atoms with E-state index < -0.39 is 5.82 Å². The van der Waals surface area contributed by atoms with Crippen LogP contribution in [0.15, 0.2) is 28.9 Å². The van der Waals surface area contributed by atoms with Gasteiger partial charge in [0.15, 0.2) is 5.82 Å². The second kappa shape index (κ2) is 2.96. The highest BCUT2D eigenvalue weighted by atomic mass is 79.9. The van der Waals surface area contributed by atoms with E-state index in [1.165, 1.54) is 18.3 Å². The van der Waals surface area contributed by atoms with Gasteiger partial charge < -0.3 is 5.11 Å². The van der Waals surface area contributed by atoms with Crippen molar-refractivity contribution in [2.24, 2.45) is 0 Å². The van der Waals surface area contributed by atoms with E-state index in [0.717, 1.165) is 0 Å². The smallest absolute Gasteiger partial charge is 0.150 e. The van der Waals surface area contributed by atoms with Gasteiger partial charge in [0, 0.05) is 9.86 Å². The number of halogens is 2. The van der Waals surface area contributed by atoms with Crippen LogP contribution in [-0.4, -0.2) is 10.1 Å². The van der Waals surface area contributed by atoms with Crippen LogP contribution in [0.1, 0.15) is 0 Å². The van der Waals surface area contributed by atoms with E-state index in [4.69, 9.17) is 5.11 Å². The predicted octanol–water partition coefficient (Wildman–Crippen LogP) is 2.84. The van der Waals surface area contributed by atoms with E-state index in [0.29, 0.717) is 9.86 Å². The molecule has 13 heavy (non-hydrogen) atoms. The van der Waals surface area contributed by atoms with E-state index in [1.807, 2.05) is 0 Å². The Hall–Kier alpha value is -1.16. The lowest BCUT2D eigenvalue weighted by Gasteiger charge is -1.99. The predicted molar refractivity (Wildman–Crippen MR) is 51.1 cm³/mol. The first kappa shape index (κ1) is 8.44. The molecule has 0 spiro atoms. The molecule has 0 radical (unpaired) electrons. The molecule has 2 rings (SSSR count). The molecule has 0 fully saturated rings. The van der Waals surface area contributed by atoms with Crippen molar-refractivity contribution in [1.82, 2.24) is 4.98 Å². The standard InChI is InChI=1S/C9H5BrFNO/c10-6-1-5-2-7(13)4-12-9(5)8(11)3-6/h1-4,13H. The highest BCUT2D eigenvalue weighted by Crippen LogP contribution is 2.23. The molecule has 1 heterocycles. The van der Waals surface area contributed by atoms with Gasteiger partial charge in [0.1, 0.15) is 11.3 Å². The van der Waals surface area contributed by atoms with Gasteiger partial charge in [-0.2, -0.15) is 0 Å². The molecule has 0 aliphatic carbocycles. The van der Waals surface area contributed by atoms with Gasteiger partial charge >= 0.3 is 0 Å². The van der Waals surface area contributed by atoms with Crippen LogP contribution in [0.2, 0.25) is 0 Å². The highest BCUT2D eigenvalue weighted by Gasteiger charge is 2.04. The zero-order valence-electron chi connectivity index (χ0n) is 6.46. The van der Waals surface area contributed by atoms with Crippen LogP contribution in [0.5, 0.6) is 5.75 Å². The summed E-state index contributed by atoms with van der Waals surface area (Å²) in [5, 5.41) is 9.69. The number of hydrogen-bond acceptors (Lipinski definition) is 2. The Morgan fingerprint density at radius 2 is 2.08 bits per heavy atom. The van der Waals surface area contributed by atoms with Crippen LogP contribution < -0.4 is 0 Å². The maximum absolute atomic E-state index is 13.2. The average Bonchev–Trinajstić information content (AvgIpc) is 2.02. The fourth-order valence-electron chi connectivity index (χ4n) is 1.16. The molecule has 0 saturated carbocycles. The quantitative estimate of drug-likeness (QED) is 0.770. The Labute approximate surface area is 82.2 Å². The summed E-state index contributed by atoms with van der Waals surface area (Å²) in [6.45, 7) is 0. The normalized spacial score (nSPS) is 10.6. The van der Waals surface area contributed by atoms with E-state index in [9.17, 15) is 4.39 Å². The van der Waals surface area contributed by atoms with Crippen LogP contribution in [0.3, 0.4) is 0 Å². The Bertz CT molecular complexity index is 467. The molecule has 0 atom stereocenters. The Morgan fingerprint density at radius 3 is 2.85 bits per heavy atom.